The molecule has 1 heteroatoms. The van der Waals surface area contributed by atoms with Crippen molar-refractivity contribution < 1.29 is 0 Å². The molecular weight excluding hydrogens is 170 g/mol. The SMILES string of the molecule is CCCCCC1CCC2CNCC1C2. The molecule has 1 heterocycles. The van der Waals surface area contributed by atoms with Crippen LogP contribution < -0.4 is 5.32 Å². The molecule has 0 aromatic heterocycles. The predicted octanol–water partition coefficient (Wildman–Crippen LogP) is 3.20. The fraction of sp³-hybridized carbons (Fsp3) is 1.00. The van der Waals surface area contributed by atoms with Crippen LogP contribution >= 0.6 is 0 Å². The minimum absolute atomic E-state index is 1.02. The molecule has 1 N–H and O–H groups in total. The van der Waals surface area contributed by atoms with Gasteiger partial charge in [-0.3, -0.25) is 0 Å². The fourth-order valence-corrected chi connectivity index (χ4v) is 3.37. The van der Waals surface area contributed by atoms with Gasteiger partial charge in [0, 0.05) is 0 Å². The number of nitrogens with one attached hydrogen (secondary N) is 1. The van der Waals surface area contributed by atoms with Crippen molar-refractivity contribution in [1.29, 1.82) is 0 Å². The highest BCUT2D eigenvalue weighted by Crippen LogP contribution is 2.38. The monoisotopic (exact) mass is 195 g/mol. The van der Waals surface area contributed by atoms with Crippen LogP contribution in [0, 0.1) is 17.8 Å². The van der Waals surface area contributed by atoms with E-state index in [0.29, 0.717) is 0 Å². The van der Waals surface area contributed by atoms with E-state index in [9.17, 15) is 0 Å². The normalized spacial score (nSPS) is 37.1. The molecule has 14 heavy (non-hydrogen) atoms. The Morgan fingerprint density at radius 1 is 1.14 bits per heavy atom. The van der Waals surface area contributed by atoms with Crippen molar-refractivity contribution in [3.63, 3.8) is 0 Å². The van der Waals surface area contributed by atoms with Gasteiger partial charge in [-0.15, -0.1) is 0 Å². The van der Waals surface area contributed by atoms with Gasteiger partial charge in [-0.1, -0.05) is 32.6 Å². The molecule has 2 fully saturated rings. The molecule has 3 unspecified atom stereocenters. The number of hydrogen-bond acceptors (Lipinski definition) is 1. The second-order valence-corrected chi connectivity index (χ2v) is 5.35. The molecule has 2 aliphatic rings. The number of unbranched alkanes of at least 4 members (excludes halogenated alkanes) is 2. The Balaban J connectivity index is 1.75. The minimum Gasteiger partial charge on any atom is -0.316 e. The van der Waals surface area contributed by atoms with Crippen molar-refractivity contribution in [1.82, 2.24) is 5.32 Å². The molecule has 0 aromatic carbocycles. The van der Waals surface area contributed by atoms with Crippen LogP contribution in [0.3, 0.4) is 0 Å². The summed E-state index contributed by atoms with van der Waals surface area (Å²) < 4.78 is 0. The van der Waals surface area contributed by atoms with Crippen molar-refractivity contribution in [2.24, 2.45) is 17.8 Å². The first kappa shape index (κ1) is 10.5. The molecule has 0 spiro atoms. The van der Waals surface area contributed by atoms with Gasteiger partial charge in [-0.25, -0.2) is 0 Å². The van der Waals surface area contributed by atoms with E-state index < -0.39 is 0 Å². The Morgan fingerprint density at radius 2 is 2.07 bits per heavy atom. The van der Waals surface area contributed by atoms with Crippen LogP contribution in [0.4, 0.5) is 0 Å². The summed E-state index contributed by atoms with van der Waals surface area (Å²) in [5.41, 5.74) is 0. The molecule has 2 bridgehead atoms. The van der Waals surface area contributed by atoms with Gasteiger partial charge in [0.25, 0.3) is 0 Å². The first-order valence-corrected chi connectivity index (χ1v) is 6.61. The third kappa shape index (κ3) is 2.50. The minimum atomic E-state index is 1.02. The van der Waals surface area contributed by atoms with Crippen LogP contribution in [0.25, 0.3) is 0 Å². The highest BCUT2D eigenvalue weighted by Gasteiger charge is 2.32. The van der Waals surface area contributed by atoms with Gasteiger partial charge in [-0.05, 0) is 50.1 Å². The van der Waals surface area contributed by atoms with Crippen molar-refractivity contribution >= 4 is 0 Å². The topological polar surface area (TPSA) is 12.0 Å². The smallest absolute Gasteiger partial charge is 0.00176 e. The first-order chi connectivity index (χ1) is 6.90. The summed E-state index contributed by atoms with van der Waals surface area (Å²) >= 11 is 0. The molecule has 0 radical (unpaired) electrons. The van der Waals surface area contributed by atoms with Crippen molar-refractivity contribution in [2.75, 3.05) is 13.1 Å². The summed E-state index contributed by atoms with van der Waals surface area (Å²) in [5.74, 6) is 3.11. The predicted molar refractivity (Wildman–Crippen MR) is 61.3 cm³/mol. The molecule has 0 amide bonds. The maximum Gasteiger partial charge on any atom is -0.00176 e. The number of rotatable bonds is 4. The lowest BCUT2D eigenvalue weighted by atomic mass is 9.70. The molecule has 1 aliphatic heterocycles. The summed E-state index contributed by atoms with van der Waals surface area (Å²) in [6.07, 6.45) is 10.4. The quantitative estimate of drug-likeness (QED) is 0.679. The zero-order valence-electron chi connectivity index (χ0n) is 9.60. The molecule has 1 saturated carbocycles. The van der Waals surface area contributed by atoms with Crippen LogP contribution in [0.15, 0.2) is 0 Å². The Labute approximate surface area is 88.7 Å². The molecule has 1 saturated heterocycles. The lowest BCUT2D eigenvalue weighted by molar-refractivity contribution is 0.128. The number of piperidine rings is 1. The van der Waals surface area contributed by atoms with Gasteiger partial charge in [-0.2, -0.15) is 0 Å². The van der Waals surface area contributed by atoms with Crippen LogP contribution in [0.1, 0.15) is 51.9 Å². The van der Waals surface area contributed by atoms with E-state index in [-0.39, 0.29) is 0 Å². The summed E-state index contributed by atoms with van der Waals surface area (Å²) in [6, 6.07) is 0. The Hall–Kier alpha value is -0.0400. The van der Waals surface area contributed by atoms with E-state index in [1.807, 2.05) is 0 Å². The van der Waals surface area contributed by atoms with E-state index in [2.05, 4.69) is 12.2 Å². The Bertz CT molecular complexity index is 167. The van der Waals surface area contributed by atoms with Crippen LogP contribution in [0.5, 0.6) is 0 Å². The second-order valence-electron chi connectivity index (χ2n) is 5.35. The van der Waals surface area contributed by atoms with Gasteiger partial charge < -0.3 is 5.32 Å². The average Bonchev–Trinajstić information content (AvgIpc) is 2.22. The van der Waals surface area contributed by atoms with Crippen LogP contribution in [-0.4, -0.2) is 13.1 Å². The highest BCUT2D eigenvalue weighted by atomic mass is 14.9. The summed E-state index contributed by atoms with van der Waals surface area (Å²) in [4.78, 5) is 0. The fourth-order valence-electron chi connectivity index (χ4n) is 3.37. The van der Waals surface area contributed by atoms with Gasteiger partial charge in [0.05, 0.1) is 0 Å². The van der Waals surface area contributed by atoms with Gasteiger partial charge in [0.15, 0.2) is 0 Å². The summed E-state index contributed by atoms with van der Waals surface area (Å²) in [6.45, 7) is 4.92. The molecule has 1 aliphatic carbocycles. The maximum absolute atomic E-state index is 3.61. The molecule has 3 atom stereocenters. The van der Waals surface area contributed by atoms with E-state index in [4.69, 9.17) is 0 Å². The summed E-state index contributed by atoms with van der Waals surface area (Å²) in [7, 11) is 0. The molecular formula is C13H25N. The van der Waals surface area contributed by atoms with E-state index in [1.165, 1.54) is 58.0 Å². The largest absolute Gasteiger partial charge is 0.316 e. The maximum atomic E-state index is 3.61. The van der Waals surface area contributed by atoms with Gasteiger partial charge in [0.1, 0.15) is 0 Å². The van der Waals surface area contributed by atoms with Crippen LogP contribution in [0.2, 0.25) is 0 Å². The average molecular weight is 195 g/mol. The number of hydrogen-bond donors (Lipinski definition) is 1. The zero-order chi connectivity index (χ0) is 9.80. The van der Waals surface area contributed by atoms with E-state index in [1.54, 1.807) is 0 Å². The number of fused-ring (bicyclic) bond motifs is 2. The van der Waals surface area contributed by atoms with E-state index >= 15 is 0 Å². The van der Waals surface area contributed by atoms with Crippen molar-refractivity contribution in [2.45, 2.75) is 51.9 Å². The third-order valence-electron chi connectivity index (χ3n) is 4.27. The van der Waals surface area contributed by atoms with Gasteiger partial charge in [0.2, 0.25) is 0 Å². The zero-order valence-corrected chi connectivity index (χ0v) is 9.60. The van der Waals surface area contributed by atoms with Crippen molar-refractivity contribution in [3.05, 3.63) is 0 Å². The van der Waals surface area contributed by atoms with Crippen LogP contribution in [-0.2, 0) is 0 Å². The lowest BCUT2D eigenvalue weighted by Gasteiger charge is -2.40. The standard InChI is InChI=1S/C13H25N/c1-2-3-4-5-12-7-6-11-8-13(12)10-14-9-11/h11-14H,2-10H2,1H3. The highest BCUT2D eigenvalue weighted by molar-refractivity contribution is 4.86. The molecule has 2 rings (SSSR count). The second kappa shape index (κ2) is 5.16. The first-order valence-electron chi connectivity index (χ1n) is 6.61. The Kier molecular flexibility index (Phi) is 3.86. The van der Waals surface area contributed by atoms with E-state index in [0.717, 1.165) is 17.8 Å². The molecule has 0 aromatic rings. The Morgan fingerprint density at radius 3 is 2.93 bits per heavy atom. The van der Waals surface area contributed by atoms with Crippen molar-refractivity contribution in [3.8, 4) is 0 Å². The molecule has 1 nitrogen and oxygen atoms in total. The summed E-state index contributed by atoms with van der Waals surface area (Å²) in [5, 5.41) is 3.61. The van der Waals surface area contributed by atoms with Gasteiger partial charge >= 0.3 is 0 Å². The molecule has 82 valence electrons. The lowest BCUT2D eigenvalue weighted by Crippen LogP contribution is -2.42. The third-order valence-corrected chi connectivity index (χ3v) is 4.27.